The molecule has 0 saturated heterocycles. The molecule has 3 rings (SSSR count). The molecule has 182 valence electrons. The Morgan fingerprint density at radius 3 is 2.24 bits per heavy atom. The molecule has 7 nitrogen and oxygen atoms in total. The summed E-state index contributed by atoms with van der Waals surface area (Å²) in [5.74, 6) is -0.673. The maximum atomic E-state index is 12.9. The number of phenols is 1. The fraction of sp³-hybridized carbons (Fsp3) is 0.423. The number of unbranched alkanes of at least 4 members (excludes halogenated alkanes) is 3. The molecule has 2 N–H and O–H groups in total. The molecular weight excluding hydrogens is 458 g/mol. The number of carbonyl (C=O) groups is 3. The number of benzene rings is 2. The van der Waals surface area contributed by atoms with Crippen LogP contribution in [-0.4, -0.2) is 61.4 Å². The van der Waals surface area contributed by atoms with Crippen molar-refractivity contribution >= 4 is 29.1 Å². The summed E-state index contributed by atoms with van der Waals surface area (Å²) in [6, 6.07) is 9.52. The molecule has 1 aliphatic carbocycles. The van der Waals surface area contributed by atoms with Crippen molar-refractivity contribution in [3.05, 3.63) is 64.2 Å². The predicted molar refractivity (Wildman–Crippen MR) is 129 cm³/mol. The molecule has 0 aliphatic heterocycles. The van der Waals surface area contributed by atoms with Crippen molar-refractivity contribution in [3.8, 4) is 5.75 Å². The van der Waals surface area contributed by atoms with Gasteiger partial charge in [-0.25, -0.2) is 0 Å². The Morgan fingerprint density at radius 2 is 1.50 bits per heavy atom. The molecule has 8 heteroatoms. The summed E-state index contributed by atoms with van der Waals surface area (Å²) in [4.78, 5) is 37.9. The number of rotatable bonds is 14. The Hall–Kier alpha value is -2.74. The Morgan fingerprint density at radius 1 is 0.824 bits per heavy atom. The Balaban J connectivity index is 1.40. The number of fused-ring (bicyclic) bond motifs is 2. The SMILES string of the molecule is O=C(Cc1ccc2c(c1O)C(=O)c1ccccc1C2=O)NCCOCCOCCCCCCCl. The summed E-state index contributed by atoms with van der Waals surface area (Å²) >= 11 is 5.63. The molecule has 0 bridgehead atoms. The number of halogens is 1. The van der Waals surface area contributed by atoms with E-state index in [1.807, 2.05) is 0 Å². The lowest BCUT2D eigenvalue weighted by molar-refractivity contribution is -0.120. The van der Waals surface area contributed by atoms with Gasteiger partial charge in [-0.2, -0.15) is 0 Å². The third kappa shape index (κ3) is 6.65. The molecule has 0 heterocycles. The lowest BCUT2D eigenvalue weighted by Gasteiger charge is -2.19. The van der Waals surface area contributed by atoms with E-state index in [9.17, 15) is 19.5 Å². The van der Waals surface area contributed by atoms with Crippen LogP contribution in [0.5, 0.6) is 5.75 Å². The van der Waals surface area contributed by atoms with Crippen LogP contribution in [0.25, 0.3) is 0 Å². The first-order valence-electron chi connectivity index (χ1n) is 11.6. The van der Waals surface area contributed by atoms with Crippen LogP contribution in [0.1, 0.15) is 63.1 Å². The third-order valence-corrected chi connectivity index (χ3v) is 5.88. The number of nitrogens with one attached hydrogen (secondary N) is 1. The number of hydrogen-bond donors (Lipinski definition) is 2. The van der Waals surface area contributed by atoms with Gasteiger partial charge in [-0.3, -0.25) is 14.4 Å². The first-order chi connectivity index (χ1) is 16.5. The highest BCUT2D eigenvalue weighted by Crippen LogP contribution is 2.35. The largest absolute Gasteiger partial charge is 0.507 e. The highest BCUT2D eigenvalue weighted by Gasteiger charge is 2.32. The monoisotopic (exact) mass is 487 g/mol. The number of amides is 1. The van der Waals surface area contributed by atoms with Gasteiger partial charge in [0, 0.05) is 41.3 Å². The minimum Gasteiger partial charge on any atom is -0.507 e. The minimum atomic E-state index is -0.421. The molecule has 2 aromatic rings. The van der Waals surface area contributed by atoms with Gasteiger partial charge in [0.05, 0.1) is 31.8 Å². The molecule has 0 fully saturated rings. The first-order valence-corrected chi connectivity index (χ1v) is 12.1. The number of aromatic hydroxyl groups is 1. The Labute approximate surface area is 204 Å². The highest BCUT2D eigenvalue weighted by atomic mass is 35.5. The summed E-state index contributed by atoms with van der Waals surface area (Å²) in [6.07, 6.45) is 4.16. The summed E-state index contributed by atoms with van der Waals surface area (Å²) in [5, 5.41) is 13.4. The third-order valence-electron chi connectivity index (χ3n) is 5.61. The van der Waals surface area contributed by atoms with Crippen LogP contribution in [-0.2, 0) is 20.7 Å². The second-order valence-electron chi connectivity index (χ2n) is 8.05. The quantitative estimate of drug-likeness (QED) is 0.266. The normalized spacial score (nSPS) is 12.4. The van der Waals surface area contributed by atoms with Gasteiger partial charge < -0.3 is 19.9 Å². The van der Waals surface area contributed by atoms with Gasteiger partial charge in [-0.15, -0.1) is 11.6 Å². The average Bonchev–Trinajstić information content (AvgIpc) is 2.84. The topological polar surface area (TPSA) is 102 Å². The lowest BCUT2D eigenvalue weighted by atomic mass is 9.82. The lowest BCUT2D eigenvalue weighted by Crippen LogP contribution is -2.29. The molecule has 1 aliphatic rings. The van der Waals surface area contributed by atoms with E-state index in [-0.39, 0.29) is 46.1 Å². The van der Waals surface area contributed by atoms with Crippen LogP contribution in [0.3, 0.4) is 0 Å². The van der Waals surface area contributed by atoms with E-state index in [0.717, 1.165) is 25.7 Å². The minimum absolute atomic E-state index is 0.0450. The van der Waals surface area contributed by atoms with E-state index in [0.29, 0.717) is 44.4 Å². The van der Waals surface area contributed by atoms with E-state index in [2.05, 4.69) is 5.32 Å². The molecule has 0 saturated carbocycles. The fourth-order valence-corrected chi connectivity index (χ4v) is 4.02. The second kappa shape index (κ2) is 13.2. The molecule has 0 spiro atoms. The number of hydrogen-bond acceptors (Lipinski definition) is 6. The summed E-state index contributed by atoms with van der Waals surface area (Å²) in [5.41, 5.74) is 0.965. The summed E-state index contributed by atoms with van der Waals surface area (Å²) in [6.45, 7) is 2.30. The number of alkyl halides is 1. The van der Waals surface area contributed by atoms with Gasteiger partial charge in [0.2, 0.25) is 5.91 Å². The van der Waals surface area contributed by atoms with E-state index in [1.165, 1.54) is 12.1 Å². The van der Waals surface area contributed by atoms with Crippen LogP contribution in [0, 0.1) is 0 Å². The van der Waals surface area contributed by atoms with Crippen LogP contribution in [0.2, 0.25) is 0 Å². The standard InChI is InChI=1S/C26H30ClNO6/c27-11-5-1-2-6-13-33-15-16-34-14-12-28-22(29)17-18-9-10-21-23(24(18)30)26(32)20-8-4-3-7-19(20)25(21)31/h3-4,7-10,30H,1-2,5-6,11-17H2,(H,28,29). The highest BCUT2D eigenvalue weighted by molar-refractivity contribution is 6.29. The number of ketones is 2. The molecule has 2 aromatic carbocycles. The maximum Gasteiger partial charge on any atom is 0.224 e. The Bertz CT molecular complexity index is 1020. The van der Waals surface area contributed by atoms with Crippen LogP contribution in [0.15, 0.2) is 36.4 Å². The van der Waals surface area contributed by atoms with Gasteiger partial charge in [0.1, 0.15) is 5.75 Å². The van der Waals surface area contributed by atoms with Crippen molar-refractivity contribution in [2.24, 2.45) is 0 Å². The molecule has 34 heavy (non-hydrogen) atoms. The molecule has 0 atom stereocenters. The number of phenolic OH excluding ortho intramolecular Hbond substituents is 1. The zero-order valence-corrected chi connectivity index (χ0v) is 19.9. The molecular formula is C26H30ClNO6. The van der Waals surface area contributed by atoms with Gasteiger partial charge in [0.15, 0.2) is 11.6 Å². The van der Waals surface area contributed by atoms with Crippen LogP contribution >= 0.6 is 11.6 Å². The number of carbonyl (C=O) groups excluding carboxylic acids is 3. The molecule has 0 unspecified atom stereocenters. The van der Waals surface area contributed by atoms with E-state index in [4.69, 9.17) is 21.1 Å². The van der Waals surface area contributed by atoms with Crippen molar-refractivity contribution < 1.29 is 29.0 Å². The first kappa shape index (κ1) is 25.9. The zero-order chi connectivity index (χ0) is 24.3. The van der Waals surface area contributed by atoms with Gasteiger partial charge in [-0.1, -0.05) is 43.2 Å². The summed E-state index contributed by atoms with van der Waals surface area (Å²) in [7, 11) is 0. The zero-order valence-electron chi connectivity index (χ0n) is 19.1. The predicted octanol–water partition coefficient (Wildman–Crippen LogP) is 3.66. The Kier molecular flexibility index (Phi) is 10.1. The van der Waals surface area contributed by atoms with Gasteiger partial charge in [-0.05, 0) is 18.9 Å². The molecule has 1 amide bonds. The molecule has 0 radical (unpaired) electrons. The van der Waals surface area contributed by atoms with Crippen molar-refractivity contribution in [2.75, 3.05) is 38.9 Å². The van der Waals surface area contributed by atoms with Gasteiger partial charge >= 0.3 is 0 Å². The smallest absolute Gasteiger partial charge is 0.224 e. The van der Waals surface area contributed by atoms with Crippen molar-refractivity contribution in [2.45, 2.75) is 32.1 Å². The van der Waals surface area contributed by atoms with Crippen LogP contribution < -0.4 is 5.32 Å². The van der Waals surface area contributed by atoms with Crippen molar-refractivity contribution in [3.63, 3.8) is 0 Å². The average molecular weight is 488 g/mol. The number of ether oxygens (including phenoxy) is 2. The second-order valence-corrected chi connectivity index (χ2v) is 8.43. The van der Waals surface area contributed by atoms with Crippen molar-refractivity contribution in [1.29, 1.82) is 0 Å². The van der Waals surface area contributed by atoms with E-state index in [1.54, 1.807) is 24.3 Å². The van der Waals surface area contributed by atoms with E-state index < -0.39 is 5.78 Å². The maximum absolute atomic E-state index is 12.9. The van der Waals surface area contributed by atoms with Gasteiger partial charge in [0.25, 0.3) is 0 Å². The fourth-order valence-electron chi connectivity index (χ4n) is 3.83. The van der Waals surface area contributed by atoms with Crippen molar-refractivity contribution in [1.82, 2.24) is 5.32 Å². The van der Waals surface area contributed by atoms with E-state index >= 15 is 0 Å². The van der Waals surface area contributed by atoms with Crippen LogP contribution in [0.4, 0.5) is 0 Å². The molecule has 0 aromatic heterocycles. The summed E-state index contributed by atoms with van der Waals surface area (Å²) < 4.78 is 10.9.